The molecule has 194 valence electrons. The molecule has 8 atom stereocenters. The lowest BCUT2D eigenvalue weighted by Gasteiger charge is -2.61. The quantitative estimate of drug-likeness (QED) is 0.373. The van der Waals surface area contributed by atoms with E-state index in [0.717, 1.165) is 24.8 Å². The Morgan fingerprint density at radius 3 is 2.38 bits per heavy atom. The molecule has 0 bridgehead atoms. The molecule has 3 saturated carbocycles. The van der Waals surface area contributed by atoms with Crippen LogP contribution in [0.3, 0.4) is 0 Å². The van der Waals surface area contributed by atoms with Crippen molar-refractivity contribution < 1.29 is 23.7 Å². The van der Waals surface area contributed by atoms with Gasteiger partial charge >= 0.3 is 0 Å². The van der Waals surface area contributed by atoms with Gasteiger partial charge in [-0.05, 0) is 86.4 Å². The molecule has 0 aromatic carbocycles. The summed E-state index contributed by atoms with van der Waals surface area (Å²) in [7, 11) is 3.39. The van der Waals surface area contributed by atoms with Crippen LogP contribution in [0.5, 0.6) is 0 Å². The molecule has 0 aliphatic heterocycles. The molecule has 4 rings (SSSR count). The highest BCUT2D eigenvalue weighted by atomic mass is 16.7. The smallest absolute Gasteiger partial charge is 0.161 e. The van der Waals surface area contributed by atoms with Crippen LogP contribution in [0.25, 0.3) is 0 Å². The van der Waals surface area contributed by atoms with Gasteiger partial charge in [-0.1, -0.05) is 33.3 Å². The number of hydrogen-bond acceptors (Lipinski definition) is 5. The molecule has 0 aromatic rings. The van der Waals surface area contributed by atoms with E-state index in [0.29, 0.717) is 54.3 Å². The van der Waals surface area contributed by atoms with E-state index in [1.54, 1.807) is 14.2 Å². The van der Waals surface area contributed by atoms with E-state index in [4.69, 9.17) is 18.9 Å². The number of methoxy groups -OCH3 is 2. The minimum absolute atomic E-state index is 0.0452. The van der Waals surface area contributed by atoms with Crippen LogP contribution in [0.4, 0.5) is 0 Å². The maximum absolute atomic E-state index is 13.5. The zero-order valence-corrected chi connectivity index (χ0v) is 22.7. The van der Waals surface area contributed by atoms with Crippen LogP contribution in [-0.4, -0.2) is 45.8 Å². The standard InChI is InChI=1S/C29H48O5/c1-18(2)14-24(30)25-19(3)28(4)13-11-23-22(26(28)27(25)34-17-32-7)9-8-20-15-21(33-16-31-6)10-12-29(20,23)5/h18,20-23,26-27H,8-17H2,1-7H3/t20-,21-,22+,23-,26-,27-,28+,29-/m0/s1. The lowest BCUT2D eigenvalue weighted by atomic mass is 9.44. The Bertz CT molecular complexity index is 774. The number of hydrogen-bond donors (Lipinski definition) is 0. The van der Waals surface area contributed by atoms with E-state index >= 15 is 0 Å². The summed E-state index contributed by atoms with van der Waals surface area (Å²) < 4.78 is 23.0. The molecule has 0 saturated heterocycles. The van der Waals surface area contributed by atoms with E-state index in [9.17, 15) is 4.79 Å². The number of carbonyl (C=O) groups is 1. The highest BCUT2D eigenvalue weighted by Crippen LogP contribution is 2.67. The molecule has 5 heteroatoms. The molecule has 34 heavy (non-hydrogen) atoms. The van der Waals surface area contributed by atoms with Crippen LogP contribution in [0.15, 0.2) is 11.1 Å². The van der Waals surface area contributed by atoms with Crippen molar-refractivity contribution >= 4 is 5.78 Å². The number of ether oxygens (including phenoxy) is 4. The van der Waals surface area contributed by atoms with Gasteiger partial charge in [-0.15, -0.1) is 0 Å². The van der Waals surface area contributed by atoms with Crippen molar-refractivity contribution in [3.63, 3.8) is 0 Å². The van der Waals surface area contributed by atoms with E-state index < -0.39 is 0 Å². The van der Waals surface area contributed by atoms with E-state index in [1.807, 2.05) is 0 Å². The van der Waals surface area contributed by atoms with Gasteiger partial charge in [0.15, 0.2) is 5.78 Å². The molecule has 0 spiro atoms. The van der Waals surface area contributed by atoms with Crippen LogP contribution in [-0.2, 0) is 23.7 Å². The van der Waals surface area contributed by atoms with Gasteiger partial charge in [-0.25, -0.2) is 0 Å². The fraction of sp³-hybridized carbons (Fsp3) is 0.897. The van der Waals surface area contributed by atoms with Gasteiger partial charge in [0, 0.05) is 32.1 Å². The maximum Gasteiger partial charge on any atom is 0.161 e. The fourth-order valence-corrected chi connectivity index (χ4v) is 8.66. The van der Waals surface area contributed by atoms with Crippen molar-refractivity contribution in [2.75, 3.05) is 27.8 Å². The minimum Gasteiger partial charge on any atom is -0.359 e. The van der Waals surface area contributed by atoms with Crippen molar-refractivity contribution in [2.45, 2.75) is 98.2 Å². The monoisotopic (exact) mass is 476 g/mol. The molecule has 0 heterocycles. The highest BCUT2D eigenvalue weighted by molar-refractivity contribution is 5.98. The molecule has 3 fully saturated rings. The fourth-order valence-electron chi connectivity index (χ4n) is 8.66. The highest BCUT2D eigenvalue weighted by Gasteiger charge is 2.62. The number of fused-ring (bicyclic) bond motifs is 5. The van der Waals surface area contributed by atoms with Crippen molar-refractivity contribution in [2.24, 2.45) is 40.4 Å². The lowest BCUT2D eigenvalue weighted by Crippen LogP contribution is -2.55. The summed E-state index contributed by atoms with van der Waals surface area (Å²) in [6.07, 6.45) is 9.20. The van der Waals surface area contributed by atoms with Crippen LogP contribution in [0, 0.1) is 40.4 Å². The van der Waals surface area contributed by atoms with Crippen LogP contribution < -0.4 is 0 Å². The molecule has 0 unspecified atom stereocenters. The minimum atomic E-state index is -0.134. The summed E-state index contributed by atoms with van der Waals surface area (Å²) in [5.74, 6) is 3.00. The Labute approximate surface area is 207 Å². The Kier molecular flexibility index (Phi) is 7.99. The molecule has 0 amide bonds. The third-order valence-electron chi connectivity index (χ3n) is 10.4. The Morgan fingerprint density at radius 1 is 1.00 bits per heavy atom. The number of carbonyl (C=O) groups excluding carboxylic acids is 1. The van der Waals surface area contributed by atoms with Crippen molar-refractivity contribution in [1.29, 1.82) is 0 Å². The second-order valence-electron chi connectivity index (χ2n) is 12.6. The Balaban J connectivity index is 1.61. The molecular formula is C29H48O5. The first-order valence-electron chi connectivity index (χ1n) is 13.6. The van der Waals surface area contributed by atoms with Gasteiger partial charge in [0.2, 0.25) is 0 Å². The lowest BCUT2D eigenvalue weighted by molar-refractivity contribution is -0.169. The molecule has 0 radical (unpaired) electrons. The number of allylic oxidation sites excluding steroid dienone is 1. The molecule has 4 aliphatic carbocycles. The SMILES string of the molecule is COCO[C@H]1CC[C@@]2(C)[C@@H](CC[C@H]3[C@H]4[C@@H](OCOC)C(C(=O)CC(C)C)=C(C)[C@@]4(C)CC[C@@H]32)C1. The van der Waals surface area contributed by atoms with E-state index in [1.165, 1.54) is 31.3 Å². The third kappa shape index (κ3) is 4.44. The zero-order chi connectivity index (χ0) is 24.7. The zero-order valence-electron chi connectivity index (χ0n) is 22.7. The van der Waals surface area contributed by atoms with Gasteiger partial charge < -0.3 is 18.9 Å². The maximum atomic E-state index is 13.5. The first-order valence-corrected chi connectivity index (χ1v) is 13.6. The second kappa shape index (κ2) is 10.3. The molecular weight excluding hydrogens is 428 g/mol. The first kappa shape index (κ1) is 26.3. The Hall–Kier alpha value is -0.750. The predicted molar refractivity (Wildman–Crippen MR) is 133 cm³/mol. The van der Waals surface area contributed by atoms with Crippen molar-refractivity contribution in [1.82, 2.24) is 0 Å². The van der Waals surface area contributed by atoms with Crippen LogP contribution in [0.1, 0.15) is 86.0 Å². The summed E-state index contributed by atoms with van der Waals surface area (Å²) in [6, 6.07) is 0. The largest absolute Gasteiger partial charge is 0.359 e. The van der Waals surface area contributed by atoms with Crippen LogP contribution >= 0.6 is 0 Å². The first-order chi connectivity index (χ1) is 16.2. The van der Waals surface area contributed by atoms with Gasteiger partial charge in [0.1, 0.15) is 13.6 Å². The average Bonchev–Trinajstić information content (AvgIpc) is 3.02. The van der Waals surface area contributed by atoms with E-state index in [2.05, 4.69) is 34.6 Å². The van der Waals surface area contributed by atoms with Gasteiger partial charge in [0.25, 0.3) is 0 Å². The molecule has 5 nitrogen and oxygen atoms in total. The van der Waals surface area contributed by atoms with Gasteiger partial charge in [-0.3, -0.25) is 4.79 Å². The number of Topliss-reactive ketones (excluding diaryl/α,β-unsaturated/α-hetero) is 1. The third-order valence-corrected chi connectivity index (χ3v) is 10.4. The van der Waals surface area contributed by atoms with Gasteiger partial charge in [-0.2, -0.15) is 0 Å². The predicted octanol–water partition coefficient (Wildman–Crippen LogP) is 6.16. The number of ketones is 1. The van der Waals surface area contributed by atoms with Crippen molar-refractivity contribution in [3.8, 4) is 0 Å². The summed E-state index contributed by atoms with van der Waals surface area (Å²) in [5.41, 5.74) is 2.67. The Morgan fingerprint density at radius 2 is 1.71 bits per heavy atom. The molecule has 4 aliphatic rings. The summed E-state index contributed by atoms with van der Waals surface area (Å²) in [4.78, 5) is 13.5. The summed E-state index contributed by atoms with van der Waals surface area (Å²) >= 11 is 0. The summed E-state index contributed by atoms with van der Waals surface area (Å²) in [5, 5.41) is 0. The average molecular weight is 477 g/mol. The van der Waals surface area contributed by atoms with Crippen LogP contribution in [0.2, 0.25) is 0 Å². The molecule has 0 aromatic heterocycles. The second-order valence-corrected chi connectivity index (χ2v) is 12.6. The number of rotatable bonds is 9. The van der Waals surface area contributed by atoms with Gasteiger partial charge in [0.05, 0.1) is 12.2 Å². The normalized spacial score (nSPS) is 41.9. The topological polar surface area (TPSA) is 54.0 Å². The molecule has 0 N–H and O–H groups in total. The van der Waals surface area contributed by atoms with Crippen molar-refractivity contribution in [3.05, 3.63) is 11.1 Å². The summed E-state index contributed by atoms with van der Waals surface area (Å²) in [6.45, 7) is 12.1. The van der Waals surface area contributed by atoms with E-state index in [-0.39, 0.29) is 24.1 Å².